The number of hydrogen-bond donors (Lipinski definition) is 2. The van der Waals surface area contributed by atoms with Crippen molar-refractivity contribution in [1.29, 1.82) is 0 Å². The average molecular weight is 411 g/mol. The maximum atomic E-state index is 12.3. The van der Waals surface area contributed by atoms with Gasteiger partial charge in [0.05, 0.1) is 18.7 Å². The second kappa shape index (κ2) is 11.2. The van der Waals surface area contributed by atoms with Gasteiger partial charge in [-0.2, -0.15) is 0 Å². The van der Waals surface area contributed by atoms with Crippen LogP contribution in [0.1, 0.15) is 17.3 Å². The number of hydrogen-bond acceptors (Lipinski definition) is 5. The summed E-state index contributed by atoms with van der Waals surface area (Å²) in [4.78, 5) is 29.1. The summed E-state index contributed by atoms with van der Waals surface area (Å²) < 4.78 is 5.46. The van der Waals surface area contributed by atoms with Gasteiger partial charge >= 0.3 is 0 Å². The number of nitrogens with one attached hydrogen (secondary N) is 2. The van der Waals surface area contributed by atoms with E-state index in [1.54, 1.807) is 18.2 Å². The molecule has 0 aliphatic carbocycles. The summed E-state index contributed by atoms with van der Waals surface area (Å²) in [6.07, 6.45) is 0. The first-order valence-corrected chi connectivity index (χ1v) is 10.5. The number of para-hydroxylation sites is 2. The molecule has 0 bridgehead atoms. The summed E-state index contributed by atoms with van der Waals surface area (Å²) in [5, 5.41) is 5.54. The van der Waals surface area contributed by atoms with Crippen molar-refractivity contribution in [3.8, 4) is 5.75 Å². The van der Waals surface area contributed by atoms with E-state index in [0.29, 0.717) is 24.5 Å². The molecule has 7 nitrogen and oxygen atoms in total. The third-order valence-electron chi connectivity index (χ3n) is 5.08. The van der Waals surface area contributed by atoms with Crippen molar-refractivity contribution < 1.29 is 14.3 Å². The molecule has 1 aliphatic rings. The van der Waals surface area contributed by atoms with Gasteiger partial charge in [0.1, 0.15) is 5.75 Å². The second-order valence-corrected chi connectivity index (χ2v) is 7.13. The van der Waals surface area contributed by atoms with Crippen LogP contribution < -0.4 is 20.3 Å². The van der Waals surface area contributed by atoms with Gasteiger partial charge in [-0.05, 0) is 31.2 Å². The molecular weight excluding hydrogens is 380 g/mol. The minimum absolute atomic E-state index is 0.0545. The average Bonchev–Trinajstić information content (AvgIpc) is 2.79. The fourth-order valence-corrected chi connectivity index (χ4v) is 3.48. The highest BCUT2D eigenvalue weighted by Crippen LogP contribution is 2.17. The number of anilines is 1. The molecule has 2 N–H and O–H groups in total. The van der Waals surface area contributed by atoms with Crippen LogP contribution >= 0.6 is 0 Å². The van der Waals surface area contributed by atoms with E-state index < -0.39 is 0 Å². The molecule has 1 saturated heterocycles. The van der Waals surface area contributed by atoms with E-state index in [9.17, 15) is 9.59 Å². The molecule has 2 amide bonds. The topological polar surface area (TPSA) is 73.9 Å². The van der Waals surface area contributed by atoms with Crippen molar-refractivity contribution in [1.82, 2.24) is 15.5 Å². The first-order chi connectivity index (χ1) is 14.7. The molecule has 1 fully saturated rings. The smallest absolute Gasteiger partial charge is 0.255 e. The fourth-order valence-electron chi connectivity index (χ4n) is 3.48. The Labute approximate surface area is 178 Å². The molecule has 1 heterocycles. The monoisotopic (exact) mass is 410 g/mol. The Morgan fingerprint density at radius 1 is 0.933 bits per heavy atom. The number of rotatable bonds is 9. The minimum atomic E-state index is -0.314. The van der Waals surface area contributed by atoms with E-state index >= 15 is 0 Å². The van der Waals surface area contributed by atoms with Gasteiger partial charge in [-0.15, -0.1) is 0 Å². The molecule has 0 saturated carbocycles. The predicted molar refractivity (Wildman–Crippen MR) is 118 cm³/mol. The van der Waals surface area contributed by atoms with E-state index in [1.165, 1.54) is 5.69 Å². The molecule has 7 heteroatoms. The van der Waals surface area contributed by atoms with Crippen molar-refractivity contribution in [3.05, 3.63) is 60.2 Å². The third kappa shape index (κ3) is 6.22. The fraction of sp³-hybridized carbons (Fsp3) is 0.391. The molecular formula is C23H30N4O3. The van der Waals surface area contributed by atoms with E-state index in [2.05, 4.69) is 44.7 Å². The Hall–Kier alpha value is -3.06. The summed E-state index contributed by atoms with van der Waals surface area (Å²) in [5.41, 5.74) is 1.69. The van der Waals surface area contributed by atoms with Gasteiger partial charge in [0.2, 0.25) is 5.91 Å². The summed E-state index contributed by atoms with van der Waals surface area (Å²) in [7, 11) is 0. The van der Waals surface area contributed by atoms with Crippen molar-refractivity contribution in [3.63, 3.8) is 0 Å². The number of piperazine rings is 1. The van der Waals surface area contributed by atoms with Crippen molar-refractivity contribution >= 4 is 17.5 Å². The summed E-state index contributed by atoms with van der Waals surface area (Å²) >= 11 is 0. The molecule has 3 rings (SSSR count). The summed E-state index contributed by atoms with van der Waals surface area (Å²) in [6.45, 7) is 7.55. The molecule has 160 valence electrons. The number of nitrogens with zero attached hydrogens (tertiary/aromatic N) is 2. The molecule has 0 atom stereocenters. The predicted octanol–water partition coefficient (Wildman–Crippen LogP) is 1.75. The van der Waals surface area contributed by atoms with Crippen molar-refractivity contribution in [2.45, 2.75) is 6.92 Å². The molecule has 0 radical (unpaired) electrons. The lowest BCUT2D eigenvalue weighted by Gasteiger charge is -2.36. The molecule has 30 heavy (non-hydrogen) atoms. The summed E-state index contributed by atoms with van der Waals surface area (Å²) in [5.74, 6) is 0.0129. The molecule has 2 aromatic rings. The van der Waals surface area contributed by atoms with E-state index in [1.807, 2.05) is 19.1 Å². The van der Waals surface area contributed by atoms with Crippen LogP contribution in [0.5, 0.6) is 5.75 Å². The molecule has 0 unspecified atom stereocenters. The zero-order valence-electron chi connectivity index (χ0n) is 17.5. The summed E-state index contributed by atoms with van der Waals surface area (Å²) in [6, 6.07) is 17.4. The Bertz CT molecular complexity index is 820. The van der Waals surface area contributed by atoms with Crippen LogP contribution in [0.4, 0.5) is 5.69 Å². The number of carbonyl (C=O) groups is 2. The zero-order chi connectivity index (χ0) is 21.2. The first kappa shape index (κ1) is 21.6. The van der Waals surface area contributed by atoms with Crippen LogP contribution in [0.25, 0.3) is 0 Å². The van der Waals surface area contributed by atoms with E-state index in [-0.39, 0.29) is 18.4 Å². The normalized spacial score (nSPS) is 14.2. The van der Waals surface area contributed by atoms with Crippen LogP contribution in [0.15, 0.2) is 54.6 Å². The number of benzene rings is 2. The highest BCUT2D eigenvalue weighted by atomic mass is 16.5. The third-order valence-corrected chi connectivity index (χ3v) is 5.08. The Kier molecular flexibility index (Phi) is 8.09. The SMILES string of the molecule is CCOc1ccccc1C(=O)NCC(=O)NCCN1CCN(c2ccccc2)CC1. The highest BCUT2D eigenvalue weighted by Gasteiger charge is 2.17. The maximum absolute atomic E-state index is 12.3. The van der Waals surface area contributed by atoms with Gasteiger partial charge in [-0.3, -0.25) is 14.5 Å². The van der Waals surface area contributed by atoms with Crippen LogP contribution in [-0.2, 0) is 4.79 Å². The van der Waals surface area contributed by atoms with Crippen LogP contribution in [0, 0.1) is 0 Å². The molecule has 0 aromatic heterocycles. The van der Waals surface area contributed by atoms with Gasteiger partial charge in [-0.1, -0.05) is 30.3 Å². The highest BCUT2D eigenvalue weighted by molar-refractivity contribution is 5.98. The Morgan fingerprint density at radius 2 is 1.63 bits per heavy atom. The lowest BCUT2D eigenvalue weighted by Crippen LogP contribution is -2.49. The number of amides is 2. The first-order valence-electron chi connectivity index (χ1n) is 10.5. The van der Waals surface area contributed by atoms with Crippen molar-refractivity contribution in [2.75, 3.05) is 57.3 Å². The van der Waals surface area contributed by atoms with Gasteiger partial charge in [-0.25, -0.2) is 0 Å². The molecule has 1 aliphatic heterocycles. The minimum Gasteiger partial charge on any atom is -0.493 e. The van der Waals surface area contributed by atoms with Crippen molar-refractivity contribution in [2.24, 2.45) is 0 Å². The maximum Gasteiger partial charge on any atom is 0.255 e. The lowest BCUT2D eigenvalue weighted by atomic mass is 10.2. The second-order valence-electron chi connectivity index (χ2n) is 7.13. The number of ether oxygens (including phenoxy) is 1. The standard InChI is InChI=1S/C23H30N4O3/c1-2-30-21-11-7-6-10-20(21)23(29)25-18-22(28)24-12-13-26-14-16-27(17-15-26)19-8-4-3-5-9-19/h3-11H,2,12-18H2,1H3,(H,24,28)(H,25,29). The lowest BCUT2D eigenvalue weighted by molar-refractivity contribution is -0.120. The number of carbonyl (C=O) groups excluding carboxylic acids is 2. The van der Waals surface area contributed by atoms with Gasteiger partial charge in [0, 0.05) is 45.0 Å². The Balaban J connectivity index is 1.33. The van der Waals surface area contributed by atoms with Gasteiger partial charge in [0.25, 0.3) is 5.91 Å². The molecule has 2 aromatic carbocycles. The van der Waals surface area contributed by atoms with E-state index in [0.717, 1.165) is 32.7 Å². The van der Waals surface area contributed by atoms with E-state index in [4.69, 9.17) is 4.74 Å². The van der Waals surface area contributed by atoms with Gasteiger partial charge < -0.3 is 20.3 Å². The molecule has 0 spiro atoms. The largest absolute Gasteiger partial charge is 0.493 e. The van der Waals surface area contributed by atoms with Crippen LogP contribution in [0.3, 0.4) is 0 Å². The van der Waals surface area contributed by atoms with Gasteiger partial charge in [0.15, 0.2) is 0 Å². The zero-order valence-corrected chi connectivity index (χ0v) is 17.5. The quantitative estimate of drug-likeness (QED) is 0.659. The Morgan fingerprint density at radius 3 is 2.37 bits per heavy atom. The van der Waals surface area contributed by atoms with Crippen LogP contribution in [-0.4, -0.2) is 69.1 Å². The van der Waals surface area contributed by atoms with Crippen LogP contribution in [0.2, 0.25) is 0 Å².